The molecule has 0 saturated carbocycles. The summed E-state index contributed by atoms with van der Waals surface area (Å²) in [6.07, 6.45) is 0. The first-order valence-electron chi connectivity index (χ1n) is 7.95. The summed E-state index contributed by atoms with van der Waals surface area (Å²) in [6.45, 7) is 3.47. The van der Waals surface area contributed by atoms with E-state index in [1.54, 1.807) is 19.1 Å². The number of H-pyrrole nitrogens is 1. The van der Waals surface area contributed by atoms with E-state index >= 15 is 0 Å². The molecule has 1 heterocycles. The molecule has 11 heteroatoms. The number of aromatic nitrogens is 2. The molecule has 28 heavy (non-hydrogen) atoms. The van der Waals surface area contributed by atoms with Gasteiger partial charge in [0.2, 0.25) is 0 Å². The molecule has 0 amide bonds. The molecule has 0 radical (unpaired) electrons. The van der Waals surface area contributed by atoms with E-state index in [1.807, 2.05) is 13.0 Å². The lowest BCUT2D eigenvalue weighted by Gasteiger charge is -2.05. The Balaban J connectivity index is 2.11. The zero-order valence-electron chi connectivity index (χ0n) is 14.8. The molecule has 3 aromatic rings. The summed E-state index contributed by atoms with van der Waals surface area (Å²) in [5.41, 5.74) is 6.85. The molecule has 146 valence electrons. The SMILES string of the molecule is Cc1ccc(Cl)c(-n2[nH]c(C)c(N=Nc3cc(N)ccc3S(=O)(=O)O)c2=O)c1. The molecule has 0 saturated heterocycles. The lowest BCUT2D eigenvalue weighted by molar-refractivity contribution is 0.483. The van der Waals surface area contributed by atoms with E-state index in [0.717, 1.165) is 11.6 Å². The summed E-state index contributed by atoms with van der Waals surface area (Å²) in [4.78, 5) is 12.3. The average Bonchev–Trinajstić information content (AvgIpc) is 2.88. The second-order valence-electron chi connectivity index (χ2n) is 6.08. The molecular formula is C17H16ClN5O4S. The lowest BCUT2D eigenvalue weighted by atomic mass is 10.2. The van der Waals surface area contributed by atoms with Crippen LogP contribution in [0.2, 0.25) is 5.02 Å². The normalized spacial score (nSPS) is 12.0. The second kappa shape index (κ2) is 7.23. The first-order chi connectivity index (χ1) is 13.1. The summed E-state index contributed by atoms with van der Waals surface area (Å²) >= 11 is 6.18. The number of rotatable bonds is 4. The van der Waals surface area contributed by atoms with Crippen LogP contribution in [0.3, 0.4) is 0 Å². The monoisotopic (exact) mass is 421 g/mol. The number of anilines is 1. The highest BCUT2D eigenvalue weighted by molar-refractivity contribution is 7.86. The smallest absolute Gasteiger partial charge is 0.299 e. The fourth-order valence-corrected chi connectivity index (χ4v) is 3.36. The van der Waals surface area contributed by atoms with Crippen molar-refractivity contribution in [1.82, 2.24) is 9.78 Å². The first-order valence-corrected chi connectivity index (χ1v) is 9.76. The van der Waals surface area contributed by atoms with Crippen LogP contribution >= 0.6 is 11.6 Å². The minimum atomic E-state index is -4.54. The molecule has 0 aliphatic heterocycles. The quantitative estimate of drug-likeness (QED) is 0.334. The van der Waals surface area contributed by atoms with Crippen molar-refractivity contribution in [3.8, 4) is 5.69 Å². The second-order valence-corrected chi connectivity index (χ2v) is 7.88. The molecule has 0 atom stereocenters. The Morgan fingerprint density at radius 3 is 2.54 bits per heavy atom. The number of aromatic amines is 1. The topological polar surface area (TPSA) is 143 Å². The Morgan fingerprint density at radius 2 is 1.86 bits per heavy atom. The number of benzene rings is 2. The molecule has 0 unspecified atom stereocenters. The van der Waals surface area contributed by atoms with Gasteiger partial charge >= 0.3 is 0 Å². The Hall–Kier alpha value is -2.95. The summed E-state index contributed by atoms with van der Waals surface area (Å²) < 4.78 is 33.5. The molecule has 1 aromatic heterocycles. The summed E-state index contributed by atoms with van der Waals surface area (Å²) in [6, 6.07) is 8.84. The van der Waals surface area contributed by atoms with Crippen LogP contribution in [0.4, 0.5) is 17.1 Å². The van der Waals surface area contributed by atoms with Gasteiger partial charge in [0.1, 0.15) is 10.6 Å². The number of halogens is 1. The number of azo groups is 1. The average molecular weight is 422 g/mol. The maximum Gasteiger partial charge on any atom is 0.299 e. The van der Waals surface area contributed by atoms with E-state index in [1.165, 1.54) is 16.8 Å². The highest BCUT2D eigenvalue weighted by Gasteiger charge is 2.17. The van der Waals surface area contributed by atoms with Gasteiger partial charge in [-0.3, -0.25) is 14.4 Å². The Bertz CT molecular complexity index is 1260. The molecule has 9 nitrogen and oxygen atoms in total. The van der Waals surface area contributed by atoms with Crippen LogP contribution in [0.25, 0.3) is 5.69 Å². The van der Waals surface area contributed by atoms with Gasteiger partial charge in [-0.1, -0.05) is 17.7 Å². The predicted octanol–water partition coefficient (Wildman–Crippen LogP) is 3.68. The lowest BCUT2D eigenvalue weighted by Crippen LogP contribution is -2.14. The minimum absolute atomic E-state index is 0.0405. The molecule has 0 bridgehead atoms. The highest BCUT2D eigenvalue weighted by Crippen LogP contribution is 2.29. The number of nitrogens with two attached hydrogens (primary N) is 1. The van der Waals surface area contributed by atoms with E-state index in [-0.39, 0.29) is 17.1 Å². The van der Waals surface area contributed by atoms with Crippen molar-refractivity contribution in [3.05, 3.63) is 63.0 Å². The third-order valence-corrected chi connectivity index (χ3v) is 5.12. The summed E-state index contributed by atoms with van der Waals surface area (Å²) in [5.74, 6) is 0. The van der Waals surface area contributed by atoms with Gasteiger partial charge in [-0.25, -0.2) is 4.68 Å². The van der Waals surface area contributed by atoms with Gasteiger partial charge in [-0.05, 0) is 49.7 Å². The van der Waals surface area contributed by atoms with Crippen LogP contribution in [0.15, 0.2) is 56.3 Å². The summed E-state index contributed by atoms with van der Waals surface area (Å²) in [7, 11) is -4.54. The van der Waals surface area contributed by atoms with Crippen molar-refractivity contribution >= 4 is 38.8 Å². The minimum Gasteiger partial charge on any atom is -0.399 e. The van der Waals surface area contributed by atoms with Crippen LogP contribution in [0, 0.1) is 13.8 Å². The standard InChI is InChI=1S/C17H16ClN5O4S/c1-9-3-5-12(18)14(7-9)23-17(24)16(10(2)22-23)21-20-13-8-11(19)4-6-15(13)28(25,26)27/h3-8,22H,19H2,1-2H3,(H,25,26,27). The maximum atomic E-state index is 12.8. The fourth-order valence-electron chi connectivity index (χ4n) is 2.55. The van der Waals surface area contributed by atoms with Gasteiger partial charge in [0.15, 0.2) is 5.69 Å². The molecule has 0 spiro atoms. The van der Waals surface area contributed by atoms with Crippen molar-refractivity contribution in [2.24, 2.45) is 10.2 Å². The molecule has 4 N–H and O–H groups in total. The number of hydrogen-bond acceptors (Lipinski definition) is 6. The van der Waals surface area contributed by atoms with Gasteiger partial charge in [0, 0.05) is 5.69 Å². The van der Waals surface area contributed by atoms with Crippen LogP contribution in [0.1, 0.15) is 11.3 Å². The zero-order chi connectivity index (χ0) is 20.6. The van der Waals surface area contributed by atoms with Crippen LogP contribution in [0.5, 0.6) is 0 Å². The van der Waals surface area contributed by atoms with Gasteiger partial charge in [0.25, 0.3) is 15.7 Å². The number of nitrogens with zero attached hydrogens (tertiary/aromatic N) is 3. The van der Waals surface area contributed by atoms with E-state index in [0.29, 0.717) is 16.4 Å². The third kappa shape index (κ3) is 3.84. The van der Waals surface area contributed by atoms with Gasteiger partial charge in [-0.2, -0.15) is 8.42 Å². The van der Waals surface area contributed by atoms with Crippen LogP contribution in [-0.4, -0.2) is 22.8 Å². The molecular weight excluding hydrogens is 406 g/mol. The van der Waals surface area contributed by atoms with Gasteiger partial charge in [-0.15, -0.1) is 10.2 Å². The number of nitrogen functional groups attached to an aromatic ring is 1. The number of nitrogens with one attached hydrogen (secondary N) is 1. The Kier molecular flexibility index (Phi) is 5.11. The van der Waals surface area contributed by atoms with E-state index in [2.05, 4.69) is 15.3 Å². The Labute approximate surface area is 165 Å². The van der Waals surface area contributed by atoms with Crippen molar-refractivity contribution in [3.63, 3.8) is 0 Å². The highest BCUT2D eigenvalue weighted by atomic mass is 35.5. The van der Waals surface area contributed by atoms with Gasteiger partial charge in [0.05, 0.1) is 16.4 Å². The fraction of sp³-hybridized carbons (Fsp3) is 0.118. The predicted molar refractivity (Wildman–Crippen MR) is 106 cm³/mol. The zero-order valence-corrected chi connectivity index (χ0v) is 16.4. The van der Waals surface area contributed by atoms with Crippen LogP contribution in [-0.2, 0) is 10.1 Å². The largest absolute Gasteiger partial charge is 0.399 e. The molecule has 3 rings (SSSR count). The summed E-state index contributed by atoms with van der Waals surface area (Å²) in [5, 5.41) is 10.9. The van der Waals surface area contributed by atoms with E-state index < -0.39 is 20.6 Å². The van der Waals surface area contributed by atoms with E-state index in [9.17, 15) is 17.8 Å². The number of hydrogen-bond donors (Lipinski definition) is 3. The molecule has 0 fully saturated rings. The first kappa shape index (κ1) is 19.8. The van der Waals surface area contributed by atoms with Crippen LogP contribution < -0.4 is 11.3 Å². The number of aryl methyl sites for hydroxylation is 2. The van der Waals surface area contributed by atoms with Crippen molar-refractivity contribution in [2.45, 2.75) is 18.7 Å². The third-order valence-electron chi connectivity index (χ3n) is 3.90. The Morgan fingerprint density at radius 1 is 1.14 bits per heavy atom. The van der Waals surface area contributed by atoms with E-state index in [4.69, 9.17) is 17.3 Å². The molecule has 0 aliphatic rings. The van der Waals surface area contributed by atoms with Crippen molar-refractivity contribution < 1.29 is 13.0 Å². The molecule has 2 aromatic carbocycles. The molecule has 0 aliphatic carbocycles. The maximum absolute atomic E-state index is 12.8. The van der Waals surface area contributed by atoms with Gasteiger partial charge < -0.3 is 5.73 Å². The van der Waals surface area contributed by atoms with Crippen molar-refractivity contribution in [2.75, 3.05) is 5.73 Å². The van der Waals surface area contributed by atoms with Crippen molar-refractivity contribution in [1.29, 1.82) is 0 Å².